The van der Waals surface area contributed by atoms with E-state index in [4.69, 9.17) is 0 Å². The van der Waals surface area contributed by atoms with Crippen molar-refractivity contribution in [1.29, 1.82) is 0 Å². The van der Waals surface area contributed by atoms with Gasteiger partial charge in [0.25, 0.3) is 0 Å². The van der Waals surface area contributed by atoms with Gasteiger partial charge in [-0.1, -0.05) is 0 Å². The number of hydrogen-bond donors (Lipinski definition) is 1. The first-order valence-electron chi connectivity index (χ1n) is 6.55. The number of allylic oxidation sites excluding steroid dienone is 5. The minimum Gasteiger partial charge on any atom is -1.00 e. The van der Waals surface area contributed by atoms with Crippen LogP contribution in [0.5, 0.6) is 0 Å². The van der Waals surface area contributed by atoms with E-state index in [1.807, 2.05) is 6.08 Å². The number of rotatable bonds is 5. The minimum atomic E-state index is -2.03. The van der Waals surface area contributed by atoms with Gasteiger partial charge in [0.1, 0.15) is 0 Å². The van der Waals surface area contributed by atoms with Crippen LogP contribution in [0.15, 0.2) is 34.3 Å². The van der Waals surface area contributed by atoms with E-state index in [-0.39, 0.29) is 41.3 Å². The SMILES string of the molecule is C=CCCC1=[C]([Ti+2]([CH3])([CH3])[NH]C(C)(C)C)CC=C1.[Cl-].[Cl-].[SiH4]. The van der Waals surface area contributed by atoms with Crippen molar-refractivity contribution in [3.63, 3.8) is 0 Å². The molecule has 0 amide bonds. The summed E-state index contributed by atoms with van der Waals surface area (Å²) in [5.41, 5.74) is 1.80. The molecule has 0 aliphatic heterocycles. The topological polar surface area (TPSA) is 12.0 Å². The summed E-state index contributed by atoms with van der Waals surface area (Å²) in [7, 11) is 0. The molecule has 0 saturated heterocycles. The summed E-state index contributed by atoms with van der Waals surface area (Å²) in [6.45, 7) is 10.6. The Balaban J connectivity index is -0.000000963. The Morgan fingerprint density at radius 3 is 2.30 bits per heavy atom. The van der Waals surface area contributed by atoms with Crippen LogP contribution >= 0.6 is 0 Å². The summed E-state index contributed by atoms with van der Waals surface area (Å²) in [6, 6.07) is 0. The molecule has 0 aromatic carbocycles. The quantitative estimate of drug-likeness (QED) is 0.409. The Morgan fingerprint density at radius 2 is 1.85 bits per heavy atom. The van der Waals surface area contributed by atoms with Crippen molar-refractivity contribution in [3.8, 4) is 0 Å². The fraction of sp³-hybridized carbons (Fsp3) is 0.600. The van der Waals surface area contributed by atoms with Crippen LogP contribution in [0.2, 0.25) is 10.5 Å². The van der Waals surface area contributed by atoms with Gasteiger partial charge >= 0.3 is 111 Å². The molecule has 0 unspecified atom stereocenters. The van der Waals surface area contributed by atoms with Crippen LogP contribution in [-0.4, -0.2) is 16.5 Å². The Kier molecular flexibility index (Phi) is 13.4. The molecule has 118 valence electrons. The Hall–Kier alpha value is 0.691. The second-order valence-electron chi connectivity index (χ2n) is 6.44. The average Bonchev–Trinajstić information content (AvgIpc) is 2.59. The predicted molar refractivity (Wildman–Crippen MR) is 86.2 cm³/mol. The maximum absolute atomic E-state index is 3.91. The zero-order chi connectivity index (χ0) is 13.1. The van der Waals surface area contributed by atoms with E-state index in [0.717, 1.165) is 12.8 Å². The summed E-state index contributed by atoms with van der Waals surface area (Å²) >= 11 is -2.03. The molecule has 1 rings (SSSR count). The van der Waals surface area contributed by atoms with Crippen LogP contribution in [0, 0.1) is 0 Å². The van der Waals surface area contributed by atoms with E-state index < -0.39 is 16.8 Å². The monoisotopic (exact) mass is 371 g/mol. The van der Waals surface area contributed by atoms with Crippen molar-refractivity contribution in [1.82, 2.24) is 3.80 Å². The van der Waals surface area contributed by atoms with Crippen LogP contribution in [0.1, 0.15) is 40.0 Å². The molecule has 0 saturated carbocycles. The normalized spacial score (nSPS) is 13.4. The van der Waals surface area contributed by atoms with Crippen LogP contribution in [0.3, 0.4) is 0 Å². The molecule has 0 radical (unpaired) electrons. The Labute approximate surface area is 146 Å². The van der Waals surface area contributed by atoms with Gasteiger partial charge in [0.15, 0.2) is 0 Å². The molecule has 1 aliphatic carbocycles. The first-order valence-corrected chi connectivity index (χ1v) is 11.2. The van der Waals surface area contributed by atoms with E-state index >= 15 is 0 Å². The van der Waals surface area contributed by atoms with Gasteiger partial charge in [0.2, 0.25) is 0 Å². The summed E-state index contributed by atoms with van der Waals surface area (Å²) < 4.78 is 5.63. The molecule has 0 heterocycles. The van der Waals surface area contributed by atoms with Gasteiger partial charge in [-0.3, -0.25) is 0 Å². The maximum atomic E-state index is 3.91. The van der Waals surface area contributed by atoms with E-state index in [9.17, 15) is 0 Å². The fourth-order valence-corrected chi connectivity index (χ4v) is 8.44. The van der Waals surface area contributed by atoms with E-state index in [2.05, 4.69) is 53.8 Å². The molecule has 1 N–H and O–H groups in total. The second kappa shape index (κ2) is 10.4. The van der Waals surface area contributed by atoms with Gasteiger partial charge in [-0.2, -0.15) is 0 Å². The van der Waals surface area contributed by atoms with E-state index in [0.29, 0.717) is 0 Å². The molecule has 20 heavy (non-hydrogen) atoms. The summed E-state index contributed by atoms with van der Waals surface area (Å²) in [5.74, 6) is 0. The third kappa shape index (κ3) is 8.21. The molecule has 5 heteroatoms. The standard InChI is InChI=1S/C9H11.C4H10N.2CH3.2ClH.H4Si.Ti/c1-2-3-6-9-7-4-5-8-9;1-4(2,3)5;;;;;;/h2,4,7H,1,3,5-6H2;5H,1-3H3;2*1H3;2*1H;1H4;/q;-1;;;;;;+3/p-2. The van der Waals surface area contributed by atoms with Crippen molar-refractivity contribution in [3.05, 3.63) is 34.3 Å². The molecular formula is C15H31Cl2NSiTi. The predicted octanol–water partition coefficient (Wildman–Crippen LogP) is -2.72. The van der Waals surface area contributed by atoms with Crippen molar-refractivity contribution in [2.75, 3.05) is 0 Å². The minimum absolute atomic E-state index is 0. The molecule has 1 aliphatic rings. The molecule has 0 spiro atoms. The van der Waals surface area contributed by atoms with Crippen molar-refractivity contribution < 1.29 is 41.7 Å². The largest absolute Gasteiger partial charge is 1.00 e. The van der Waals surface area contributed by atoms with E-state index in [1.165, 1.54) is 6.42 Å². The van der Waals surface area contributed by atoms with Crippen LogP contribution in [-0.2, 0) is 16.8 Å². The molecule has 0 fully saturated rings. The van der Waals surface area contributed by atoms with Crippen LogP contribution in [0.25, 0.3) is 0 Å². The molecule has 0 aromatic heterocycles. The van der Waals surface area contributed by atoms with Gasteiger partial charge in [-0.25, -0.2) is 0 Å². The molecule has 0 aromatic rings. The van der Waals surface area contributed by atoms with Crippen LogP contribution < -0.4 is 28.6 Å². The van der Waals surface area contributed by atoms with E-state index in [1.54, 1.807) is 9.45 Å². The summed E-state index contributed by atoms with van der Waals surface area (Å²) in [6.07, 6.45) is 10.1. The third-order valence-corrected chi connectivity index (χ3v) is 8.41. The summed E-state index contributed by atoms with van der Waals surface area (Å²) in [5, 5.41) is 4.95. The van der Waals surface area contributed by atoms with Gasteiger partial charge in [0.05, 0.1) is 0 Å². The molecular weight excluding hydrogens is 341 g/mol. The van der Waals surface area contributed by atoms with Crippen molar-refractivity contribution in [2.24, 2.45) is 0 Å². The van der Waals surface area contributed by atoms with Crippen molar-refractivity contribution >= 4 is 11.0 Å². The summed E-state index contributed by atoms with van der Waals surface area (Å²) in [4.78, 5) is 0. The molecule has 0 atom stereocenters. The molecule has 1 nitrogen and oxygen atoms in total. The smallest absolute Gasteiger partial charge is 0.0149 e. The maximum Gasteiger partial charge on any atom is -0.0149 e. The Morgan fingerprint density at radius 1 is 1.30 bits per heavy atom. The van der Waals surface area contributed by atoms with Crippen molar-refractivity contribution in [2.45, 2.75) is 56.0 Å². The van der Waals surface area contributed by atoms with Gasteiger partial charge in [0, 0.05) is 0 Å². The third-order valence-electron chi connectivity index (χ3n) is 3.09. The number of nitrogens with one attached hydrogen (secondary N) is 1. The van der Waals surface area contributed by atoms with Gasteiger partial charge < -0.3 is 24.8 Å². The zero-order valence-corrected chi connectivity index (χ0v) is 15.9. The second-order valence-corrected chi connectivity index (χ2v) is 12.8. The first kappa shape index (κ1) is 25.6. The molecule has 0 bridgehead atoms. The number of hydrogen-bond acceptors (Lipinski definition) is 1. The Bertz CT molecular complexity index is 357. The number of halogens is 2. The van der Waals surface area contributed by atoms with Gasteiger partial charge in [-0.05, 0) is 11.0 Å². The first-order chi connectivity index (χ1) is 7.76. The average molecular weight is 372 g/mol. The zero-order valence-electron chi connectivity index (χ0n) is 12.8. The van der Waals surface area contributed by atoms with Gasteiger partial charge in [-0.15, -0.1) is 0 Å². The van der Waals surface area contributed by atoms with Crippen LogP contribution in [0.4, 0.5) is 0 Å². The fourth-order valence-electron chi connectivity index (χ4n) is 2.71.